The van der Waals surface area contributed by atoms with Gasteiger partial charge in [0.05, 0.1) is 18.4 Å². The molecule has 0 aliphatic carbocycles. The normalized spacial score (nSPS) is 11.0. The second-order valence-electron chi connectivity index (χ2n) is 6.27. The van der Waals surface area contributed by atoms with Gasteiger partial charge in [0.25, 0.3) is 5.91 Å². The molecule has 0 bridgehead atoms. The third-order valence-electron chi connectivity index (χ3n) is 4.25. The van der Waals surface area contributed by atoms with Crippen LogP contribution in [-0.4, -0.2) is 23.2 Å². The summed E-state index contributed by atoms with van der Waals surface area (Å²) >= 11 is 2.32. The maximum atomic E-state index is 12.9. The molecule has 5 nitrogen and oxygen atoms in total. The van der Waals surface area contributed by atoms with Crippen molar-refractivity contribution in [2.24, 2.45) is 5.10 Å². The van der Waals surface area contributed by atoms with Gasteiger partial charge in [0.1, 0.15) is 5.82 Å². The van der Waals surface area contributed by atoms with Crippen LogP contribution in [0.15, 0.2) is 59.7 Å². The van der Waals surface area contributed by atoms with Crippen molar-refractivity contribution < 1.29 is 9.18 Å². The first-order valence-corrected chi connectivity index (χ1v) is 9.79. The molecule has 0 aliphatic heterocycles. The van der Waals surface area contributed by atoms with Crippen molar-refractivity contribution in [3.05, 3.63) is 80.9 Å². The van der Waals surface area contributed by atoms with Gasteiger partial charge < -0.3 is 9.88 Å². The lowest BCUT2D eigenvalue weighted by Gasteiger charge is -2.11. The highest BCUT2D eigenvalue weighted by Gasteiger charge is 2.11. The molecule has 0 saturated heterocycles. The summed E-state index contributed by atoms with van der Waals surface area (Å²) in [5.41, 5.74) is 7.36. The largest absolute Gasteiger partial charge is 0.376 e. The number of halogens is 2. The molecule has 0 fully saturated rings. The molecule has 0 unspecified atom stereocenters. The number of carbonyl (C=O) groups is 1. The van der Waals surface area contributed by atoms with Crippen LogP contribution in [0.4, 0.5) is 10.1 Å². The van der Waals surface area contributed by atoms with Crippen LogP contribution in [0.25, 0.3) is 5.69 Å². The van der Waals surface area contributed by atoms with E-state index in [1.807, 2.05) is 32.0 Å². The van der Waals surface area contributed by atoms with Crippen molar-refractivity contribution in [1.82, 2.24) is 9.99 Å². The van der Waals surface area contributed by atoms with Gasteiger partial charge >= 0.3 is 0 Å². The number of para-hydroxylation sites is 1. The Morgan fingerprint density at radius 1 is 1.18 bits per heavy atom. The number of rotatable bonds is 6. The number of amides is 1. The summed E-state index contributed by atoms with van der Waals surface area (Å²) in [7, 11) is 0. The Balaban J connectivity index is 1.63. The SMILES string of the molecule is Cc1cc(/C=N\NC(=O)CNc2ccc(F)cc2)c(C)n1-c1ccccc1I. The lowest BCUT2D eigenvalue weighted by molar-refractivity contribution is -0.119. The zero-order valence-electron chi connectivity index (χ0n) is 15.5. The molecular formula is C21H20FIN4O. The molecule has 0 spiro atoms. The van der Waals surface area contributed by atoms with E-state index in [9.17, 15) is 9.18 Å². The number of aromatic nitrogens is 1. The number of benzene rings is 2. The van der Waals surface area contributed by atoms with Crippen LogP contribution in [0.1, 0.15) is 17.0 Å². The predicted octanol–water partition coefficient (Wildman–Crippen LogP) is 4.40. The first-order valence-electron chi connectivity index (χ1n) is 8.71. The van der Waals surface area contributed by atoms with E-state index < -0.39 is 0 Å². The molecule has 1 heterocycles. The van der Waals surface area contributed by atoms with Gasteiger partial charge in [-0.15, -0.1) is 0 Å². The fourth-order valence-electron chi connectivity index (χ4n) is 2.89. The fourth-order valence-corrected chi connectivity index (χ4v) is 3.51. The third-order valence-corrected chi connectivity index (χ3v) is 5.17. The fraction of sp³-hybridized carbons (Fsp3) is 0.143. The topological polar surface area (TPSA) is 58.4 Å². The average molecular weight is 490 g/mol. The highest BCUT2D eigenvalue weighted by molar-refractivity contribution is 14.1. The highest BCUT2D eigenvalue weighted by atomic mass is 127. The standard InChI is InChI=1S/C21H20FIN4O/c1-14-11-16(15(2)27(14)20-6-4-3-5-19(20)23)12-25-26-21(28)13-24-18-9-7-17(22)8-10-18/h3-12,24H,13H2,1-2H3,(H,26,28)/b25-12-. The highest BCUT2D eigenvalue weighted by Crippen LogP contribution is 2.23. The Labute approximate surface area is 176 Å². The first-order chi connectivity index (χ1) is 13.5. The van der Waals surface area contributed by atoms with Crippen LogP contribution in [-0.2, 0) is 4.79 Å². The minimum atomic E-state index is -0.317. The molecule has 144 valence electrons. The van der Waals surface area contributed by atoms with E-state index in [2.05, 4.69) is 55.1 Å². The smallest absolute Gasteiger partial charge is 0.259 e. The van der Waals surface area contributed by atoms with E-state index in [1.165, 1.54) is 12.1 Å². The van der Waals surface area contributed by atoms with Gasteiger partial charge in [-0.2, -0.15) is 5.10 Å². The van der Waals surface area contributed by atoms with E-state index in [1.54, 1.807) is 18.3 Å². The molecule has 0 radical (unpaired) electrons. The van der Waals surface area contributed by atoms with Crippen LogP contribution in [0.5, 0.6) is 0 Å². The zero-order chi connectivity index (χ0) is 20.1. The third kappa shape index (κ3) is 4.78. The number of anilines is 1. The predicted molar refractivity (Wildman–Crippen MR) is 119 cm³/mol. The van der Waals surface area contributed by atoms with Crippen LogP contribution >= 0.6 is 22.6 Å². The Hall–Kier alpha value is -2.68. The van der Waals surface area contributed by atoms with Crippen molar-refractivity contribution in [2.45, 2.75) is 13.8 Å². The van der Waals surface area contributed by atoms with Gasteiger partial charge in [-0.05, 0) is 78.9 Å². The van der Waals surface area contributed by atoms with E-state index in [4.69, 9.17) is 0 Å². The van der Waals surface area contributed by atoms with Crippen molar-refractivity contribution in [2.75, 3.05) is 11.9 Å². The van der Waals surface area contributed by atoms with E-state index >= 15 is 0 Å². The number of hydrogen-bond acceptors (Lipinski definition) is 3. The summed E-state index contributed by atoms with van der Waals surface area (Å²) in [5, 5.41) is 6.97. The van der Waals surface area contributed by atoms with Crippen LogP contribution in [0.2, 0.25) is 0 Å². The second kappa shape index (κ2) is 9.01. The molecule has 7 heteroatoms. The summed E-state index contributed by atoms with van der Waals surface area (Å²) in [6, 6.07) is 16.0. The summed E-state index contributed by atoms with van der Waals surface area (Å²) in [6.45, 7) is 4.11. The quantitative estimate of drug-likeness (QED) is 0.306. The summed E-state index contributed by atoms with van der Waals surface area (Å²) in [5.74, 6) is -0.602. The van der Waals surface area contributed by atoms with Gasteiger partial charge in [-0.1, -0.05) is 12.1 Å². The molecule has 0 aliphatic rings. The van der Waals surface area contributed by atoms with Crippen molar-refractivity contribution in [3.63, 3.8) is 0 Å². The summed E-state index contributed by atoms with van der Waals surface area (Å²) in [4.78, 5) is 11.9. The lowest BCUT2D eigenvalue weighted by atomic mass is 10.2. The van der Waals surface area contributed by atoms with Crippen molar-refractivity contribution in [1.29, 1.82) is 0 Å². The molecular weight excluding hydrogens is 470 g/mol. The Bertz CT molecular complexity index is 1010. The number of hydrazone groups is 1. The van der Waals surface area contributed by atoms with Gasteiger partial charge in [-0.3, -0.25) is 4.79 Å². The van der Waals surface area contributed by atoms with E-state index in [0.717, 1.165) is 26.2 Å². The van der Waals surface area contributed by atoms with Crippen molar-refractivity contribution >= 4 is 40.4 Å². The van der Waals surface area contributed by atoms with Gasteiger partial charge in [0.15, 0.2) is 0 Å². The number of nitrogens with zero attached hydrogens (tertiary/aromatic N) is 2. The minimum Gasteiger partial charge on any atom is -0.376 e. The first kappa shape index (κ1) is 20.1. The number of aryl methyl sites for hydroxylation is 1. The average Bonchev–Trinajstić information content (AvgIpc) is 2.95. The van der Waals surface area contributed by atoms with E-state index in [-0.39, 0.29) is 18.3 Å². The van der Waals surface area contributed by atoms with Crippen LogP contribution in [0, 0.1) is 23.2 Å². The van der Waals surface area contributed by atoms with Gasteiger partial charge in [0, 0.05) is 26.2 Å². The zero-order valence-corrected chi connectivity index (χ0v) is 17.7. The number of hydrogen-bond donors (Lipinski definition) is 2. The molecule has 28 heavy (non-hydrogen) atoms. The van der Waals surface area contributed by atoms with Crippen LogP contribution in [0.3, 0.4) is 0 Å². The lowest BCUT2D eigenvalue weighted by Crippen LogP contribution is -2.25. The number of nitrogens with one attached hydrogen (secondary N) is 2. The van der Waals surface area contributed by atoms with Crippen LogP contribution < -0.4 is 10.7 Å². The molecule has 0 saturated carbocycles. The Morgan fingerprint density at radius 2 is 1.89 bits per heavy atom. The molecule has 0 atom stereocenters. The molecule has 2 N–H and O–H groups in total. The Morgan fingerprint density at radius 3 is 2.61 bits per heavy atom. The molecule has 3 rings (SSSR count). The molecule has 1 aromatic heterocycles. The second-order valence-corrected chi connectivity index (χ2v) is 7.43. The van der Waals surface area contributed by atoms with Crippen molar-refractivity contribution in [3.8, 4) is 5.69 Å². The maximum absolute atomic E-state index is 12.9. The maximum Gasteiger partial charge on any atom is 0.259 e. The molecule has 1 amide bonds. The van der Waals surface area contributed by atoms with Gasteiger partial charge in [0.2, 0.25) is 0 Å². The summed E-state index contributed by atoms with van der Waals surface area (Å²) in [6.07, 6.45) is 1.64. The number of carbonyl (C=O) groups excluding carboxylic acids is 1. The monoisotopic (exact) mass is 490 g/mol. The summed E-state index contributed by atoms with van der Waals surface area (Å²) < 4.78 is 16.2. The van der Waals surface area contributed by atoms with Gasteiger partial charge in [-0.25, -0.2) is 9.82 Å². The molecule has 3 aromatic rings. The minimum absolute atomic E-state index is 0.0458. The Kier molecular flexibility index (Phi) is 6.45. The molecule has 2 aromatic carbocycles. The van der Waals surface area contributed by atoms with E-state index in [0.29, 0.717) is 5.69 Å².